The molecule has 2 aliphatic heterocycles. The fourth-order valence-electron chi connectivity index (χ4n) is 7.06. The van der Waals surface area contributed by atoms with Gasteiger partial charge in [0, 0.05) is 37.0 Å². The number of nitrogens with two attached hydrogens (primary N) is 1. The van der Waals surface area contributed by atoms with Crippen LogP contribution in [0, 0.1) is 12.3 Å². The fraction of sp³-hybridized carbons (Fsp3) is 0.412. The number of nitrogens with zero attached hydrogens (tertiary/aromatic N) is 5. The van der Waals surface area contributed by atoms with Crippen LogP contribution in [0.25, 0.3) is 16.8 Å². The number of aliphatic hydroxyl groups excluding tert-OH is 1. The topological polar surface area (TPSA) is 152 Å². The number of benzene rings is 2. The van der Waals surface area contributed by atoms with Crippen LogP contribution in [0.2, 0.25) is 0 Å². The zero-order valence-electron chi connectivity index (χ0n) is 26.6. The number of carboxylic acids is 1. The number of nitrogens with one attached hydrogen (secondary N) is 1. The molecule has 11 nitrogen and oxygen atoms in total. The maximum Gasteiger partial charge on any atom is 0.429 e. The first-order valence-corrected chi connectivity index (χ1v) is 15.9. The predicted octanol–water partition coefficient (Wildman–Crippen LogP) is 5.21. The lowest BCUT2D eigenvalue weighted by molar-refractivity contribution is -0.198. The van der Waals surface area contributed by atoms with Crippen LogP contribution in [-0.4, -0.2) is 67.3 Å². The number of aromatic nitrogens is 4. The number of alkyl halides is 3. The number of aliphatic carboxylic acids is 1. The fourth-order valence-corrected chi connectivity index (χ4v) is 7.06. The summed E-state index contributed by atoms with van der Waals surface area (Å²) in [6.45, 7) is 4.65. The van der Waals surface area contributed by atoms with Crippen molar-refractivity contribution in [3.63, 3.8) is 0 Å². The number of piperidine rings is 1. The van der Waals surface area contributed by atoms with Crippen LogP contribution in [0.3, 0.4) is 0 Å². The minimum Gasteiger partial charge on any atom is -0.480 e. The summed E-state index contributed by atoms with van der Waals surface area (Å²) in [6.07, 6.45) is -3.04. The van der Waals surface area contributed by atoms with E-state index in [-0.39, 0.29) is 41.1 Å². The van der Waals surface area contributed by atoms with Crippen LogP contribution >= 0.6 is 0 Å². The van der Waals surface area contributed by atoms with E-state index in [1.54, 1.807) is 55.6 Å². The van der Waals surface area contributed by atoms with E-state index in [9.17, 15) is 28.2 Å². The molecule has 5 N–H and O–H groups in total. The molecule has 0 bridgehead atoms. The number of rotatable bonds is 9. The Kier molecular flexibility index (Phi) is 9.05. The average molecular weight is 666 g/mol. The van der Waals surface area contributed by atoms with Gasteiger partial charge in [0.05, 0.1) is 18.0 Å². The third kappa shape index (κ3) is 6.67. The van der Waals surface area contributed by atoms with Crippen LogP contribution in [-0.2, 0) is 11.4 Å². The molecule has 3 atom stereocenters. The van der Waals surface area contributed by atoms with Crippen LogP contribution in [0.5, 0.6) is 5.88 Å². The molecule has 2 fully saturated rings. The molecular formula is C34H38F3N7O4. The number of hydrogen-bond donors (Lipinski definition) is 4. The Bertz CT molecular complexity index is 1770. The lowest BCUT2D eigenvalue weighted by Gasteiger charge is -2.43. The smallest absolute Gasteiger partial charge is 0.429 e. The highest BCUT2D eigenvalue weighted by Gasteiger charge is 2.50. The number of nitrogen functional groups attached to an aromatic ring is 1. The molecule has 0 saturated carbocycles. The van der Waals surface area contributed by atoms with E-state index in [0.29, 0.717) is 60.6 Å². The molecule has 2 aromatic heterocycles. The quantitative estimate of drug-likeness (QED) is 0.188. The SMILES string of the molecule is CCC1NC(C(=O)O)CC12CCN(c1cc(O[C@H](c3cc(-c4ccc(CO)cc4)ccc3-n3ccc(C)n3)C(F)(F)F)nc(N)n1)CC2. The number of hydrogen-bond acceptors (Lipinski definition) is 9. The van der Waals surface area contributed by atoms with Crippen LogP contribution in [0.15, 0.2) is 60.8 Å². The zero-order valence-corrected chi connectivity index (χ0v) is 26.6. The van der Waals surface area contributed by atoms with E-state index in [1.807, 2.05) is 11.8 Å². The summed E-state index contributed by atoms with van der Waals surface area (Å²) in [5.74, 6) is -1.10. The number of carbonyl (C=O) groups is 1. The first-order valence-electron chi connectivity index (χ1n) is 15.9. The second kappa shape index (κ2) is 13.1. The molecule has 2 aromatic carbocycles. The largest absolute Gasteiger partial charge is 0.480 e. The van der Waals surface area contributed by atoms with Crippen LogP contribution in [0.4, 0.5) is 24.9 Å². The van der Waals surface area contributed by atoms with E-state index in [4.69, 9.17) is 10.5 Å². The molecular weight excluding hydrogens is 627 g/mol. The van der Waals surface area contributed by atoms with Gasteiger partial charge in [0.15, 0.2) is 0 Å². The van der Waals surface area contributed by atoms with Crippen molar-refractivity contribution in [1.29, 1.82) is 0 Å². The Hall–Kier alpha value is -4.69. The first-order chi connectivity index (χ1) is 22.9. The maximum atomic E-state index is 15.0. The third-order valence-electron chi connectivity index (χ3n) is 9.53. The molecule has 4 heterocycles. The minimum atomic E-state index is -4.86. The molecule has 0 aliphatic carbocycles. The van der Waals surface area contributed by atoms with Crippen molar-refractivity contribution < 1.29 is 32.9 Å². The van der Waals surface area contributed by atoms with Gasteiger partial charge in [-0.3, -0.25) is 4.79 Å². The molecule has 2 saturated heterocycles. The van der Waals surface area contributed by atoms with Gasteiger partial charge in [0.25, 0.3) is 0 Å². The Labute approximate surface area is 275 Å². The Morgan fingerprint density at radius 2 is 1.81 bits per heavy atom. The van der Waals surface area contributed by atoms with Gasteiger partial charge >= 0.3 is 12.1 Å². The standard InChI is InChI=1S/C34H38F3N7O4/c1-3-27-33(18-25(39-27)31(46)47)11-14-43(15-12-33)28-17-29(41-32(38)40-28)48-30(34(35,36)37)24-16-23(22-6-4-21(19-45)5-7-22)8-9-26(24)44-13-10-20(2)42-44/h4-10,13,16-17,25,27,30,39,45H,3,11-12,14-15,18-19H2,1-2H3,(H,46,47)(H2,38,40,41)/t25?,27?,30-/m1/s1. The van der Waals surface area contributed by atoms with E-state index >= 15 is 0 Å². The lowest BCUT2D eigenvalue weighted by atomic mass is 9.71. The second-order valence-electron chi connectivity index (χ2n) is 12.6. The highest BCUT2D eigenvalue weighted by molar-refractivity contribution is 5.74. The summed E-state index contributed by atoms with van der Waals surface area (Å²) in [4.78, 5) is 22.0. The molecule has 254 valence electrons. The number of aliphatic hydroxyl groups is 1. The number of carboxylic acid groups (broad SMARTS) is 1. The normalized spacial score (nSPS) is 19.8. The summed E-state index contributed by atoms with van der Waals surface area (Å²) >= 11 is 0. The monoisotopic (exact) mass is 665 g/mol. The second-order valence-corrected chi connectivity index (χ2v) is 12.6. The highest BCUT2D eigenvalue weighted by Crippen LogP contribution is 2.46. The van der Waals surface area contributed by atoms with Gasteiger partial charge in [-0.1, -0.05) is 37.3 Å². The average Bonchev–Trinajstić information content (AvgIpc) is 3.66. The third-order valence-corrected chi connectivity index (χ3v) is 9.53. The van der Waals surface area contributed by atoms with Gasteiger partial charge in [-0.15, -0.1) is 0 Å². The van der Waals surface area contributed by atoms with Gasteiger partial charge < -0.3 is 30.9 Å². The van der Waals surface area contributed by atoms with Crippen molar-refractivity contribution in [2.75, 3.05) is 23.7 Å². The van der Waals surface area contributed by atoms with E-state index < -0.39 is 24.3 Å². The van der Waals surface area contributed by atoms with Crippen molar-refractivity contribution in [3.8, 4) is 22.7 Å². The summed E-state index contributed by atoms with van der Waals surface area (Å²) in [7, 11) is 0. The van der Waals surface area contributed by atoms with Crippen molar-refractivity contribution in [3.05, 3.63) is 77.6 Å². The molecule has 48 heavy (non-hydrogen) atoms. The number of aryl methyl sites for hydroxylation is 1. The van der Waals surface area contributed by atoms with E-state index in [1.165, 1.54) is 16.8 Å². The van der Waals surface area contributed by atoms with Crippen molar-refractivity contribution in [2.24, 2.45) is 5.41 Å². The molecule has 2 unspecified atom stereocenters. The summed E-state index contributed by atoms with van der Waals surface area (Å²) in [5.41, 5.74) is 8.31. The minimum absolute atomic E-state index is 0.0544. The van der Waals surface area contributed by atoms with Crippen LogP contribution in [0.1, 0.15) is 55.5 Å². The number of halogens is 3. The summed E-state index contributed by atoms with van der Waals surface area (Å²) in [5, 5.41) is 26.7. The molecule has 2 aliphatic rings. The van der Waals surface area contributed by atoms with Crippen molar-refractivity contribution in [1.82, 2.24) is 25.1 Å². The summed E-state index contributed by atoms with van der Waals surface area (Å²) in [6, 6.07) is 14.1. The Morgan fingerprint density at radius 3 is 2.42 bits per heavy atom. The van der Waals surface area contributed by atoms with Gasteiger partial charge in [-0.05, 0) is 72.9 Å². The van der Waals surface area contributed by atoms with Crippen molar-refractivity contribution in [2.45, 2.75) is 70.5 Å². The molecule has 1 spiro atoms. The predicted molar refractivity (Wildman–Crippen MR) is 173 cm³/mol. The summed E-state index contributed by atoms with van der Waals surface area (Å²) < 4.78 is 52.1. The molecule has 4 aromatic rings. The number of anilines is 2. The lowest BCUT2D eigenvalue weighted by Crippen LogP contribution is -2.46. The maximum absolute atomic E-state index is 15.0. The molecule has 0 radical (unpaired) electrons. The Balaban J connectivity index is 1.32. The molecule has 0 amide bonds. The van der Waals surface area contributed by atoms with Gasteiger partial charge in [-0.25, -0.2) is 4.68 Å². The van der Waals surface area contributed by atoms with E-state index in [0.717, 1.165) is 6.42 Å². The van der Waals surface area contributed by atoms with Gasteiger partial charge in [-0.2, -0.15) is 28.2 Å². The van der Waals surface area contributed by atoms with Crippen LogP contribution < -0.4 is 20.7 Å². The molecule has 14 heteroatoms. The Morgan fingerprint density at radius 1 is 1.10 bits per heavy atom. The van der Waals surface area contributed by atoms with Gasteiger partial charge in [0.2, 0.25) is 17.9 Å². The molecule has 6 rings (SSSR count). The van der Waals surface area contributed by atoms with Crippen molar-refractivity contribution >= 4 is 17.7 Å². The van der Waals surface area contributed by atoms with E-state index in [2.05, 4.69) is 20.4 Å². The zero-order chi connectivity index (χ0) is 34.2. The van der Waals surface area contributed by atoms with Gasteiger partial charge in [0.1, 0.15) is 11.9 Å². The highest BCUT2D eigenvalue weighted by atomic mass is 19.4. The number of ether oxygens (including phenoxy) is 1. The first kappa shape index (κ1) is 33.2.